The molecule has 0 aromatic carbocycles. The molecule has 2 rings (SSSR count). The largest absolute Gasteiger partial charge is 0.480 e. The third-order valence-corrected chi connectivity index (χ3v) is 3.31. The van der Waals surface area contributed by atoms with Crippen molar-refractivity contribution in [1.82, 2.24) is 15.2 Å². The van der Waals surface area contributed by atoms with Gasteiger partial charge in [-0.2, -0.15) is 0 Å². The van der Waals surface area contributed by atoms with E-state index in [4.69, 9.17) is 10.8 Å². The lowest BCUT2D eigenvalue weighted by Gasteiger charge is -2.20. The lowest BCUT2D eigenvalue weighted by atomic mass is 10.1. The second-order valence-electron chi connectivity index (χ2n) is 4.73. The first-order valence-corrected chi connectivity index (χ1v) is 6.47. The van der Waals surface area contributed by atoms with E-state index in [-0.39, 0.29) is 25.2 Å². The fourth-order valence-electron chi connectivity index (χ4n) is 2.32. The van der Waals surface area contributed by atoms with E-state index in [1.807, 2.05) is 0 Å². The molecule has 2 atom stereocenters. The number of carboxylic acids is 1. The van der Waals surface area contributed by atoms with Crippen LogP contribution in [0.1, 0.15) is 16.9 Å². The Kier molecular flexibility index (Phi) is 4.49. The summed E-state index contributed by atoms with van der Waals surface area (Å²) < 4.78 is 0. The van der Waals surface area contributed by atoms with E-state index in [2.05, 4.69) is 10.3 Å². The number of nitrogens with two attached hydrogens (primary N) is 1. The van der Waals surface area contributed by atoms with Crippen LogP contribution in [-0.2, 0) is 9.59 Å². The molecule has 21 heavy (non-hydrogen) atoms. The fraction of sp³-hybridized carbons (Fsp3) is 0.385. The highest BCUT2D eigenvalue weighted by Crippen LogP contribution is 2.18. The van der Waals surface area contributed by atoms with Crippen LogP contribution in [-0.4, -0.2) is 57.9 Å². The van der Waals surface area contributed by atoms with Crippen LogP contribution in [0.2, 0.25) is 0 Å². The number of carbonyl (C=O) groups excluding carboxylic acids is 2. The number of hydrogen-bond acceptors (Lipinski definition) is 5. The summed E-state index contributed by atoms with van der Waals surface area (Å²) in [5, 5.41) is 11.8. The maximum absolute atomic E-state index is 12.0. The summed E-state index contributed by atoms with van der Waals surface area (Å²) in [6, 6.07) is 3.53. The zero-order valence-corrected chi connectivity index (χ0v) is 11.2. The Morgan fingerprint density at radius 1 is 1.43 bits per heavy atom. The minimum atomic E-state index is -1.11. The van der Waals surface area contributed by atoms with Crippen LogP contribution < -0.4 is 11.1 Å². The Hall–Kier alpha value is -2.48. The van der Waals surface area contributed by atoms with Crippen molar-refractivity contribution >= 4 is 17.8 Å². The summed E-state index contributed by atoms with van der Waals surface area (Å²) in [7, 11) is 0. The van der Waals surface area contributed by atoms with Crippen LogP contribution in [0, 0.1) is 0 Å². The van der Waals surface area contributed by atoms with Gasteiger partial charge in [-0.3, -0.25) is 14.6 Å². The fourth-order valence-corrected chi connectivity index (χ4v) is 2.32. The van der Waals surface area contributed by atoms with Crippen molar-refractivity contribution in [2.75, 3.05) is 13.1 Å². The first-order valence-electron chi connectivity index (χ1n) is 6.47. The van der Waals surface area contributed by atoms with Crippen molar-refractivity contribution < 1.29 is 19.5 Å². The average molecular weight is 292 g/mol. The summed E-state index contributed by atoms with van der Waals surface area (Å²) in [5.41, 5.74) is 5.51. The molecule has 0 spiro atoms. The third-order valence-electron chi connectivity index (χ3n) is 3.31. The highest BCUT2D eigenvalue weighted by atomic mass is 16.4. The predicted octanol–water partition coefficient (Wildman–Crippen LogP) is -1.18. The van der Waals surface area contributed by atoms with Gasteiger partial charge >= 0.3 is 5.97 Å². The van der Waals surface area contributed by atoms with Crippen molar-refractivity contribution in [3.8, 4) is 0 Å². The molecule has 0 radical (unpaired) electrons. The second kappa shape index (κ2) is 6.31. The zero-order chi connectivity index (χ0) is 15.4. The number of aliphatic carboxylic acids is 1. The molecule has 1 fully saturated rings. The van der Waals surface area contributed by atoms with Crippen molar-refractivity contribution in [3.63, 3.8) is 0 Å². The summed E-state index contributed by atoms with van der Waals surface area (Å²) in [4.78, 5) is 39.9. The number of carboxylic acid groups (broad SMARTS) is 1. The number of pyridine rings is 1. The van der Waals surface area contributed by atoms with Gasteiger partial charge in [-0.25, -0.2) is 4.79 Å². The summed E-state index contributed by atoms with van der Waals surface area (Å²) in [6.45, 7) is -0.129. The first kappa shape index (κ1) is 14.9. The van der Waals surface area contributed by atoms with E-state index >= 15 is 0 Å². The van der Waals surface area contributed by atoms with Crippen LogP contribution in [0.3, 0.4) is 0 Å². The molecular weight excluding hydrogens is 276 g/mol. The molecular formula is C13H16N4O4. The molecule has 2 heterocycles. The van der Waals surface area contributed by atoms with Gasteiger partial charge in [0.1, 0.15) is 11.7 Å². The van der Waals surface area contributed by atoms with Crippen molar-refractivity contribution in [3.05, 3.63) is 30.1 Å². The van der Waals surface area contributed by atoms with Gasteiger partial charge in [0.25, 0.3) is 5.91 Å². The van der Waals surface area contributed by atoms with Gasteiger partial charge in [0.05, 0.1) is 6.54 Å². The quantitative estimate of drug-likeness (QED) is 0.641. The number of carbonyl (C=O) groups is 3. The SMILES string of the molecule is NCC(=O)N1CC(NC(=O)c2ccccn2)CC1C(=O)O. The maximum atomic E-state index is 12.0. The summed E-state index contributed by atoms with van der Waals surface area (Å²) >= 11 is 0. The highest BCUT2D eigenvalue weighted by molar-refractivity contribution is 5.92. The van der Waals surface area contributed by atoms with Gasteiger partial charge in [0, 0.05) is 25.2 Å². The Balaban J connectivity index is 2.04. The lowest BCUT2D eigenvalue weighted by Crippen LogP contribution is -2.44. The summed E-state index contributed by atoms with van der Waals surface area (Å²) in [5.74, 6) is -1.95. The maximum Gasteiger partial charge on any atom is 0.326 e. The number of hydrogen-bond donors (Lipinski definition) is 3. The van der Waals surface area contributed by atoms with Gasteiger partial charge < -0.3 is 21.1 Å². The minimum absolute atomic E-state index is 0.131. The molecule has 0 saturated carbocycles. The van der Waals surface area contributed by atoms with Crippen molar-refractivity contribution in [2.45, 2.75) is 18.5 Å². The number of nitrogens with one attached hydrogen (secondary N) is 1. The smallest absolute Gasteiger partial charge is 0.326 e. The standard InChI is InChI=1S/C13H16N4O4/c14-6-11(18)17-7-8(5-10(17)13(20)21)16-12(19)9-3-1-2-4-15-9/h1-4,8,10H,5-7,14H2,(H,16,19)(H,20,21). The molecule has 2 unspecified atom stereocenters. The van der Waals surface area contributed by atoms with Gasteiger partial charge in [-0.05, 0) is 12.1 Å². The topological polar surface area (TPSA) is 126 Å². The minimum Gasteiger partial charge on any atom is -0.480 e. The molecule has 1 aromatic rings. The zero-order valence-electron chi connectivity index (χ0n) is 11.2. The number of aromatic nitrogens is 1. The van der Waals surface area contributed by atoms with Gasteiger partial charge in [0.15, 0.2) is 0 Å². The molecule has 4 N–H and O–H groups in total. The van der Waals surface area contributed by atoms with Gasteiger partial charge in [-0.15, -0.1) is 0 Å². The highest BCUT2D eigenvalue weighted by Gasteiger charge is 2.39. The number of likely N-dealkylation sites (tertiary alicyclic amines) is 1. The van der Waals surface area contributed by atoms with Crippen LogP contribution >= 0.6 is 0 Å². The Morgan fingerprint density at radius 3 is 2.76 bits per heavy atom. The molecule has 8 nitrogen and oxygen atoms in total. The number of nitrogens with zero attached hydrogens (tertiary/aromatic N) is 2. The average Bonchev–Trinajstić information content (AvgIpc) is 2.91. The Bertz CT molecular complexity index is 548. The molecule has 8 heteroatoms. The Labute approximate surface area is 120 Å². The second-order valence-corrected chi connectivity index (χ2v) is 4.73. The normalized spacial score (nSPS) is 21.1. The van der Waals surface area contributed by atoms with Crippen LogP contribution in [0.5, 0.6) is 0 Å². The number of rotatable bonds is 4. The van der Waals surface area contributed by atoms with Crippen LogP contribution in [0.25, 0.3) is 0 Å². The molecule has 112 valence electrons. The van der Waals surface area contributed by atoms with Gasteiger partial charge in [-0.1, -0.05) is 6.07 Å². The predicted molar refractivity (Wildman–Crippen MR) is 72.3 cm³/mol. The number of amides is 2. The molecule has 1 saturated heterocycles. The van der Waals surface area contributed by atoms with E-state index in [1.165, 1.54) is 11.1 Å². The monoisotopic (exact) mass is 292 g/mol. The van der Waals surface area contributed by atoms with Crippen LogP contribution in [0.4, 0.5) is 0 Å². The Morgan fingerprint density at radius 2 is 2.19 bits per heavy atom. The van der Waals surface area contributed by atoms with E-state index in [1.54, 1.807) is 18.2 Å². The van der Waals surface area contributed by atoms with E-state index < -0.39 is 29.9 Å². The van der Waals surface area contributed by atoms with Crippen molar-refractivity contribution in [1.29, 1.82) is 0 Å². The van der Waals surface area contributed by atoms with Crippen molar-refractivity contribution in [2.24, 2.45) is 5.73 Å². The molecule has 1 aromatic heterocycles. The molecule has 0 bridgehead atoms. The third kappa shape index (κ3) is 3.34. The van der Waals surface area contributed by atoms with E-state index in [0.717, 1.165) is 0 Å². The lowest BCUT2D eigenvalue weighted by molar-refractivity contribution is -0.147. The molecule has 0 aliphatic carbocycles. The summed E-state index contributed by atoms with van der Waals surface area (Å²) in [6.07, 6.45) is 1.65. The molecule has 1 aliphatic rings. The van der Waals surface area contributed by atoms with Crippen LogP contribution in [0.15, 0.2) is 24.4 Å². The molecule has 1 aliphatic heterocycles. The van der Waals surface area contributed by atoms with Gasteiger partial charge in [0.2, 0.25) is 5.91 Å². The van der Waals surface area contributed by atoms with E-state index in [0.29, 0.717) is 0 Å². The van der Waals surface area contributed by atoms with E-state index in [9.17, 15) is 14.4 Å². The first-order chi connectivity index (χ1) is 10.0. The molecule has 2 amide bonds.